The molecule has 0 radical (unpaired) electrons. The third-order valence-electron chi connectivity index (χ3n) is 6.38. The Morgan fingerprint density at radius 1 is 1.17 bits per heavy atom. The fourth-order valence-corrected chi connectivity index (χ4v) is 5.27. The Hall–Kier alpha value is -3.34. The molecule has 0 bridgehead atoms. The topological polar surface area (TPSA) is 101 Å². The van der Waals surface area contributed by atoms with Gasteiger partial charge >= 0.3 is 6.18 Å². The van der Waals surface area contributed by atoms with Crippen LogP contribution in [0.15, 0.2) is 29.6 Å². The average Bonchev–Trinajstić information content (AvgIpc) is 3.36. The van der Waals surface area contributed by atoms with E-state index < -0.39 is 35.6 Å². The summed E-state index contributed by atoms with van der Waals surface area (Å²) in [4.78, 5) is 63.5. The van der Waals surface area contributed by atoms with E-state index in [9.17, 15) is 37.1 Å². The van der Waals surface area contributed by atoms with Crippen LogP contribution in [-0.4, -0.2) is 46.4 Å². The van der Waals surface area contributed by atoms with Crippen LogP contribution in [0.5, 0.6) is 0 Å². The van der Waals surface area contributed by atoms with Crippen molar-refractivity contribution in [3.05, 3.63) is 56.8 Å². The van der Waals surface area contributed by atoms with Gasteiger partial charge < -0.3 is 4.90 Å². The maximum absolute atomic E-state index is 12.9. The number of ketones is 2. The van der Waals surface area contributed by atoms with E-state index in [0.29, 0.717) is 11.1 Å². The van der Waals surface area contributed by atoms with Crippen LogP contribution >= 0.6 is 11.3 Å². The number of benzene rings is 1. The Balaban J connectivity index is 1.39. The van der Waals surface area contributed by atoms with E-state index >= 15 is 0 Å². The number of alkyl halides is 3. The van der Waals surface area contributed by atoms with Gasteiger partial charge in [-0.2, -0.15) is 13.2 Å². The molecule has 3 amide bonds. The number of Topliss-reactive ketones (excluding diaryl/α,β-unsaturated/α-hetero) is 2. The van der Waals surface area contributed by atoms with E-state index in [-0.39, 0.29) is 55.2 Å². The van der Waals surface area contributed by atoms with Gasteiger partial charge in [-0.1, -0.05) is 24.3 Å². The van der Waals surface area contributed by atoms with E-state index in [1.54, 1.807) is 5.38 Å². The number of halogens is 3. The molecule has 1 N–H and O–H groups in total. The van der Waals surface area contributed by atoms with Crippen molar-refractivity contribution in [2.24, 2.45) is 0 Å². The lowest BCUT2D eigenvalue weighted by Gasteiger charge is -2.29. The number of piperidine rings is 1. The van der Waals surface area contributed by atoms with Crippen molar-refractivity contribution in [3.63, 3.8) is 0 Å². The van der Waals surface area contributed by atoms with Gasteiger partial charge in [0.1, 0.15) is 6.04 Å². The van der Waals surface area contributed by atoms with Crippen molar-refractivity contribution >= 4 is 40.6 Å². The molecule has 4 rings (SSSR count). The number of hydrogen-bond acceptors (Lipinski definition) is 6. The van der Waals surface area contributed by atoms with Gasteiger partial charge in [0, 0.05) is 35.2 Å². The molecule has 0 spiro atoms. The SMILES string of the molecule is CC(c1ccc(C(=O)C(=O)CCc2scc3c2CN(C2CCC(=O)NC2=O)C3=O)cc1)C(F)(F)F. The third kappa shape index (κ3) is 4.90. The minimum Gasteiger partial charge on any atom is -0.322 e. The van der Waals surface area contributed by atoms with Crippen LogP contribution in [0, 0.1) is 0 Å². The number of thiophene rings is 1. The van der Waals surface area contributed by atoms with Crippen LogP contribution in [-0.2, 0) is 27.3 Å². The Morgan fingerprint density at radius 3 is 2.49 bits per heavy atom. The Labute approximate surface area is 202 Å². The van der Waals surface area contributed by atoms with Gasteiger partial charge in [-0.25, -0.2) is 0 Å². The first-order chi connectivity index (χ1) is 16.5. The zero-order valence-corrected chi connectivity index (χ0v) is 19.4. The minimum absolute atomic E-state index is 0.000817. The van der Waals surface area contributed by atoms with Gasteiger partial charge in [-0.05, 0) is 30.9 Å². The number of fused-ring (bicyclic) bond motifs is 1. The van der Waals surface area contributed by atoms with Crippen molar-refractivity contribution < 1.29 is 37.1 Å². The molecule has 11 heteroatoms. The lowest BCUT2D eigenvalue weighted by molar-refractivity contribution is -0.146. The quantitative estimate of drug-likeness (QED) is 0.352. The van der Waals surface area contributed by atoms with Gasteiger partial charge in [-0.3, -0.25) is 29.3 Å². The highest BCUT2D eigenvalue weighted by Gasteiger charge is 2.40. The molecule has 3 heterocycles. The van der Waals surface area contributed by atoms with Crippen LogP contribution in [0.25, 0.3) is 0 Å². The molecular formula is C24H21F3N2O5S. The molecule has 35 heavy (non-hydrogen) atoms. The predicted molar refractivity (Wildman–Crippen MR) is 119 cm³/mol. The van der Waals surface area contributed by atoms with E-state index in [4.69, 9.17) is 0 Å². The number of nitrogens with zero attached hydrogens (tertiary/aromatic N) is 1. The summed E-state index contributed by atoms with van der Waals surface area (Å²) in [6.45, 7) is 1.20. The first-order valence-corrected chi connectivity index (χ1v) is 11.8. The van der Waals surface area contributed by atoms with Crippen LogP contribution in [0.3, 0.4) is 0 Å². The van der Waals surface area contributed by atoms with Gasteiger partial charge in [0.2, 0.25) is 23.4 Å². The second-order valence-corrected chi connectivity index (χ2v) is 9.55. The minimum atomic E-state index is -4.41. The van der Waals surface area contributed by atoms with E-state index in [2.05, 4.69) is 5.32 Å². The molecule has 2 unspecified atom stereocenters. The molecule has 2 aliphatic heterocycles. The summed E-state index contributed by atoms with van der Waals surface area (Å²) in [6.07, 6.45) is -3.93. The van der Waals surface area contributed by atoms with E-state index in [0.717, 1.165) is 11.8 Å². The van der Waals surface area contributed by atoms with Gasteiger partial charge in [0.15, 0.2) is 0 Å². The molecule has 7 nitrogen and oxygen atoms in total. The number of carbonyl (C=O) groups excluding carboxylic acids is 5. The molecule has 2 atom stereocenters. The average molecular weight is 507 g/mol. The van der Waals surface area contributed by atoms with Crippen molar-refractivity contribution in [1.82, 2.24) is 10.2 Å². The molecular weight excluding hydrogens is 485 g/mol. The van der Waals surface area contributed by atoms with Gasteiger partial charge in [0.25, 0.3) is 5.91 Å². The summed E-state index contributed by atoms with van der Waals surface area (Å²) >= 11 is 1.29. The monoisotopic (exact) mass is 506 g/mol. The predicted octanol–water partition coefficient (Wildman–Crippen LogP) is 3.56. The molecule has 1 aromatic carbocycles. The highest BCUT2D eigenvalue weighted by Crippen LogP contribution is 2.35. The van der Waals surface area contributed by atoms with Crippen molar-refractivity contribution in [3.8, 4) is 0 Å². The number of hydrogen-bond donors (Lipinski definition) is 1. The summed E-state index contributed by atoms with van der Waals surface area (Å²) < 4.78 is 38.6. The number of nitrogens with one attached hydrogen (secondary N) is 1. The summed E-state index contributed by atoms with van der Waals surface area (Å²) in [7, 11) is 0. The lowest BCUT2D eigenvalue weighted by atomic mass is 9.96. The summed E-state index contributed by atoms with van der Waals surface area (Å²) in [5, 5.41) is 3.90. The number of amides is 3. The summed E-state index contributed by atoms with van der Waals surface area (Å²) in [6, 6.07) is 4.09. The Morgan fingerprint density at radius 2 is 1.86 bits per heavy atom. The van der Waals surface area contributed by atoms with Crippen LogP contribution in [0.1, 0.15) is 68.8 Å². The number of carbonyl (C=O) groups is 5. The normalized spacial score (nSPS) is 18.9. The molecule has 0 saturated carbocycles. The molecule has 1 fully saturated rings. The van der Waals surface area contributed by atoms with Crippen LogP contribution in [0.4, 0.5) is 13.2 Å². The summed E-state index contributed by atoms with van der Waals surface area (Å²) in [5.41, 5.74) is 1.17. The maximum atomic E-state index is 12.9. The third-order valence-corrected chi connectivity index (χ3v) is 7.47. The zero-order chi connectivity index (χ0) is 25.5. The first kappa shape index (κ1) is 24.8. The smallest absolute Gasteiger partial charge is 0.322 e. The second kappa shape index (κ2) is 9.37. The number of aryl methyl sites for hydroxylation is 1. The second-order valence-electron chi connectivity index (χ2n) is 8.59. The zero-order valence-electron chi connectivity index (χ0n) is 18.6. The molecule has 184 valence electrons. The van der Waals surface area contributed by atoms with Crippen LogP contribution < -0.4 is 5.32 Å². The molecule has 1 saturated heterocycles. The van der Waals surface area contributed by atoms with Crippen LogP contribution in [0.2, 0.25) is 0 Å². The number of imide groups is 1. The maximum Gasteiger partial charge on any atom is 0.395 e. The Bertz CT molecular complexity index is 1220. The fourth-order valence-electron chi connectivity index (χ4n) is 4.23. The molecule has 2 aromatic rings. The largest absolute Gasteiger partial charge is 0.395 e. The van der Waals surface area contributed by atoms with Crippen molar-refractivity contribution in [2.75, 3.05) is 0 Å². The van der Waals surface area contributed by atoms with Crippen molar-refractivity contribution in [1.29, 1.82) is 0 Å². The number of rotatable bonds is 7. The lowest BCUT2D eigenvalue weighted by Crippen LogP contribution is -2.52. The van der Waals surface area contributed by atoms with Gasteiger partial charge in [0.05, 0.1) is 11.5 Å². The summed E-state index contributed by atoms with van der Waals surface area (Å²) in [5.74, 6) is -4.36. The first-order valence-electron chi connectivity index (χ1n) is 11.0. The highest BCUT2D eigenvalue weighted by molar-refractivity contribution is 7.10. The highest BCUT2D eigenvalue weighted by atomic mass is 32.1. The molecule has 2 aliphatic rings. The molecule has 1 aromatic heterocycles. The van der Waals surface area contributed by atoms with E-state index in [1.165, 1.54) is 40.5 Å². The standard InChI is InChI=1S/C24H21F3N2O5S/c1-12(24(25,26)27)13-2-4-14(5-3-13)21(32)18(30)7-8-19-15-10-29(23(34)16(15)11-35-19)17-6-9-20(31)28-22(17)33/h2-5,11-12,17H,6-10H2,1H3,(H,28,31,33). The Kier molecular flexibility index (Phi) is 6.63. The fraction of sp³-hybridized carbons (Fsp3) is 0.375. The van der Waals surface area contributed by atoms with Crippen molar-refractivity contribution in [2.45, 2.75) is 57.3 Å². The van der Waals surface area contributed by atoms with E-state index in [1.807, 2.05) is 0 Å². The van der Waals surface area contributed by atoms with Gasteiger partial charge in [-0.15, -0.1) is 11.3 Å². The molecule has 0 aliphatic carbocycles.